The van der Waals surface area contributed by atoms with E-state index in [2.05, 4.69) is 16.4 Å². The summed E-state index contributed by atoms with van der Waals surface area (Å²) in [4.78, 5) is 39.5. The van der Waals surface area contributed by atoms with Crippen molar-refractivity contribution in [1.29, 1.82) is 5.26 Å². The monoisotopic (exact) mass is 446 g/mol. The van der Waals surface area contributed by atoms with Crippen molar-refractivity contribution >= 4 is 33.5 Å². The Morgan fingerprint density at radius 3 is 2.67 bits per heavy atom. The van der Waals surface area contributed by atoms with E-state index in [1.807, 2.05) is 0 Å². The largest absolute Gasteiger partial charge is 0.366 e. The molecule has 2 aromatic carbocycles. The molecule has 2 amide bonds. The number of amides is 2. The number of carbonyl (C=O) groups is 2. The summed E-state index contributed by atoms with van der Waals surface area (Å²) in [6, 6.07) is 8.92. The van der Waals surface area contributed by atoms with E-state index >= 15 is 0 Å². The molecule has 1 aromatic heterocycles. The van der Waals surface area contributed by atoms with Gasteiger partial charge in [0.1, 0.15) is 11.9 Å². The fourth-order valence-corrected chi connectivity index (χ4v) is 5.62. The second kappa shape index (κ2) is 8.00. The van der Waals surface area contributed by atoms with Crippen LogP contribution in [0.2, 0.25) is 0 Å². The Morgan fingerprint density at radius 2 is 2.00 bits per heavy atom. The number of aromatic nitrogens is 1. The van der Waals surface area contributed by atoms with Crippen molar-refractivity contribution in [2.24, 2.45) is 23.5 Å². The van der Waals surface area contributed by atoms with Gasteiger partial charge in [-0.15, -0.1) is 0 Å². The highest BCUT2D eigenvalue weighted by Gasteiger charge is 2.43. The molecule has 168 valence electrons. The van der Waals surface area contributed by atoms with Crippen LogP contribution >= 0.6 is 0 Å². The van der Waals surface area contributed by atoms with Crippen LogP contribution in [-0.4, -0.2) is 22.8 Å². The third-order valence-corrected chi connectivity index (χ3v) is 7.22. The standard InChI is InChI=1S/C25H23FN4O3/c26-21-10-15(23(28)31)9-19-17-4-2-13(8-20(17)25(33)30-22(19)21)6-16(11-27)29-24(32)18-7-12-1-3-14(18)5-12/h2,4,8-10,12,14,16,18H,1,3,5-7H2,(H2,28,31)(H,29,32)(H,30,33)/t12-,14+,16?,18+/m1/s1. The fraction of sp³-hybridized carbons (Fsp3) is 0.360. The van der Waals surface area contributed by atoms with E-state index in [0.29, 0.717) is 33.6 Å². The number of pyridine rings is 1. The van der Waals surface area contributed by atoms with Gasteiger partial charge in [0.15, 0.2) is 0 Å². The number of fused-ring (bicyclic) bond motifs is 5. The molecule has 2 saturated carbocycles. The van der Waals surface area contributed by atoms with Crippen LogP contribution in [0.3, 0.4) is 0 Å². The predicted molar refractivity (Wildman–Crippen MR) is 121 cm³/mol. The quantitative estimate of drug-likeness (QED) is 0.521. The van der Waals surface area contributed by atoms with E-state index in [-0.39, 0.29) is 29.3 Å². The molecule has 5 rings (SSSR count). The number of aromatic amines is 1. The number of rotatable bonds is 5. The molecule has 2 fully saturated rings. The zero-order valence-electron chi connectivity index (χ0n) is 17.9. The molecule has 0 spiro atoms. The minimum atomic E-state index is -0.769. The number of carbonyl (C=O) groups excluding carboxylic acids is 2. The number of H-pyrrole nitrogens is 1. The molecule has 1 unspecified atom stereocenters. The molecule has 0 saturated heterocycles. The summed E-state index contributed by atoms with van der Waals surface area (Å²) >= 11 is 0. The van der Waals surface area contributed by atoms with Gasteiger partial charge in [0.2, 0.25) is 11.8 Å². The first-order valence-electron chi connectivity index (χ1n) is 11.1. The Balaban J connectivity index is 1.43. The first-order valence-corrected chi connectivity index (χ1v) is 11.1. The molecule has 3 aromatic rings. The molecular formula is C25H23FN4O3. The third kappa shape index (κ3) is 3.74. The van der Waals surface area contributed by atoms with Gasteiger partial charge in [-0.2, -0.15) is 5.26 Å². The maximum absolute atomic E-state index is 14.5. The predicted octanol–water partition coefficient (Wildman–Crippen LogP) is 2.91. The van der Waals surface area contributed by atoms with Gasteiger partial charge in [-0.1, -0.05) is 18.6 Å². The first kappa shape index (κ1) is 21.1. The van der Waals surface area contributed by atoms with E-state index in [9.17, 15) is 24.0 Å². The molecule has 0 radical (unpaired) electrons. The molecule has 8 heteroatoms. The van der Waals surface area contributed by atoms with Crippen LogP contribution in [0.5, 0.6) is 0 Å². The number of hydrogen-bond acceptors (Lipinski definition) is 4. The van der Waals surface area contributed by atoms with Crippen molar-refractivity contribution in [2.45, 2.75) is 38.1 Å². The number of benzene rings is 2. The summed E-state index contributed by atoms with van der Waals surface area (Å²) in [7, 11) is 0. The molecule has 2 aliphatic carbocycles. The van der Waals surface area contributed by atoms with Crippen LogP contribution in [-0.2, 0) is 11.2 Å². The number of nitrogens with zero attached hydrogens (tertiary/aromatic N) is 1. The topological polar surface area (TPSA) is 129 Å². The Labute approximate surface area is 188 Å². The second-order valence-corrected chi connectivity index (χ2v) is 9.25. The lowest BCUT2D eigenvalue weighted by Gasteiger charge is -2.22. The zero-order valence-corrected chi connectivity index (χ0v) is 17.9. The second-order valence-electron chi connectivity index (χ2n) is 9.25. The Morgan fingerprint density at radius 1 is 1.18 bits per heavy atom. The molecular weight excluding hydrogens is 423 g/mol. The normalized spacial score (nSPS) is 22.4. The fourth-order valence-electron chi connectivity index (χ4n) is 5.62. The van der Waals surface area contributed by atoms with Gasteiger partial charge in [-0.25, -0.2) is 4.39 Å². The highest BCUT2D eigenvalue weighted by molar-refractivity contribution is 6.08. The number of primary amides is 1. The lowest BCUT2D eigenvalue weighted by molar-refractivity contribution is -0.126. The highest BCUT2D eigenvalue weighted by Crippen LogP contribution is 2.48. The summed E-state index contributed by atoms with van der Waals surface area (Å²) in [6.45, 7) is 0. The Kier molecular flexibility index (Phi) is 5.12. The van der Waals surface area contributed by atoms with E-state index in [4.69, 9.17) is 5.73 Å². The number of nitriles is 1. The van der Waals surface area contributed by atoms with E-state index in [1.165, 1.54) is 12.5 Å². The maximum Gasteiger partial charge on any atom is 0.256 e. The minimum absolute atomic E-state index is 0.00160. The molecule has 2 aliphatic rings. The highest BCUT2D eigenvalue weighted by atomic mass is 19.1. The van der Waals surface area contributed by atoms with Gasteiger partial charge in [0, 0.05) is 28.7 Å². The van der Waals surface area contributed by atoms with Crippen molar-refractivity contribution in [3.05, 3.63) is 57.6 Å². The van der Waals surface area contributed by atoms with Crippen LogP contribution in [0.4, 0.5) is 4.39 Å². The molecule has 2 bridgehead atoms. The molecule has 1 heterocycles. The van der Waals surface area contributed by atoms with E-state index < -0.39 is 23.3 Å². The molecule has 0 aliphatic heterocycles. The van der Waals surface area contributed by atoms with Crippen molar-refractivity contribution in [3.8, 4) is 6.07 Å². The first-order chi connectivity index (χ1) is 15.8. The molecule has 4 N–H and O–H groups in total. The van der Waals surface area contributed by atoms with Crippen molar-refractivity contribution < 1.29 is 14.0 Å². The molecule has 33 heavy (non-hydrogen) atoms. The summed E-state index contributed by atoms with van der Waals surface area (Å²) < 4.78 is 14.5. The number of nitrogens with two attached hydrogens (primary N) is 1. The van der Waals surface area contributed by atoms with Gasteiger partial charge in [0.05, 0.1) is 11.6 Å². The average Bonchev–Trinajstić information content (AvgIpc) is 3.43. The Bertz CT molecular complexity index is 1410. The number of hydrogen-bond donors (Lipinski definition) is 3. The van der Waals surface area contributed by atoms with Crippen molar-refractivity contribution in [1.82, 2.24) is 10.3 Å². The Hall–Kier alpha value is -3.73. The van der Waals surface area contributed by atoms with Crippen LogP contribution < -0.4 is 16.6 Å². The van der Waals surface area contributed by atoms with Crippen LogP contribution in [0.25, 0.3) is 21.7 Å². The summed E-state index contributed by atoms with van der Waals surface area (Å²) in [5, 5.41) is 13.6. The van der Waals surface area contributed by atoms with Gasteiger partial charge in [-0.05, 0) is 60.2 Å². The number of nitrogens with one attached hydrogen (secondary N) is 2. The van der Waals surface area contributed by atoms with Gasteiger partial charge in [0.25, 0.3) is 5.56 Å². The van der Waals surface area contributed by atoms with Gasteiger partial charge in [-0.3, -0.25) is 14.4 Å². The van der Waals surface area contributed by atoms with Crippen LogP contribution in [0.15, 0.2) is 35.1 Å². The van der Waals surface area contributed by atoms with Crippen LogP contribution in [0, 0.1) is 34.9 Å². The summed E-state index contributed by atoms with van der Waals surface area (Å²) in [5.41, 5.74) is 5.52. The van der Waals surface area contributed by atoms with Crippen LogP contribution in [0.1, 0.15) is 41.6 Å². The van der Waals surface area contributed by atoms with Gasteiger partial charge >= 0.3 is 0 Å². The number of halogens is 1. The summed E-state index contributed by atoms with van der Waals surface area (Å²) in [5.74, 6) is -0.527. The summed E-state index contributed by atoms with van der Waals surface area (Å²) in [6.07, 6.45) is 4.53. The SMILES string of the molecule is N#CC(Cc1ccc2c(c1)c(=O)[nH]c1c(F)cc(C(N)=O)cc12)NC(=O)[C@H]1C[C@@H]2CC[C@H]1C2. The van der Waals surface area contributed by atoms with Gasteiger partial charge < -0.3 is 16.0 Å². The molecule has 7 nitrogen and oxygen atoms in total. The minimum Gasteiger partial charge on any atom is -0.366 e. The lowest BCUT2D eigenvalue weighted by atomic mass is 9.88. The zero-order chi connectivity index (χ0) is 23.3. The van der Waals surface area contributed by atoms with Crippen molar-refractivity contribution in [3.63, 3.8) is 0 Å². The average molecular weight is 446 g/mol. The smallest absolute Gasteiger partial charge is 0.256 e. The maximum atomic E-state index is 14.5. The van der Waals surface area contributed by atoms with E-state index in [1.54, 1.807) is 18.2 Å². The van der Waals surface area contributed by atoms with E-state index in [0.717, 1.165) is 25.3 Å². The molecule has 4 atom stereocenters. The lowest BCUT2D eigenvalue weighted by Crippen LogP contribution is -2.41. The van der Waals surface area contributed by atoms with Crippen molar-refractivity contribution in [2.75, 3.05) is 0 Å². The third-order valence-electron chi connectivity index (χ3n) is 7.22.